The van der Waals surface area contributed by atoms with Gasteiger partial charge in [0.1, 0.15) is 6.04 Å². The van der Waals surface area contributed by atoms with Crippen LogP contribution in [-0.4, -0.2) is 53.7 Å². The number of nitrogens with one attached hydrogen (secondary N) is 1. The number of nitriles is 1. The molecule has 0 radical (unpaired) electrons. The van der Waals surface area contributed by atoms with E-state index in [0.717, 1.165) is 5.56 Å². The molecule has 0 spiro atoms. The van der Waals surface area contributed by atoms with Crippen LogP contribution in [0.4, 0.5) is 5.69 Å². The first-order valence-corrected chi connectivity index (χ1v) is 9.81. The summed E-state index contributed by atoms with van der Waals surface area (Å²) >= 11 is 0. The minimum absolute atomic E-state index is 0.128. The number of benzene rings is 2. The SMILES string of the molecule is CN(CC(=O)N1CC(C(=O)Nc2ccccc2)CC1C#N)C(=O)Cc1ccccc1. The summed E-state index contributed by atoms with van der Waals surface area (Å²) in [5.41, 5.74) is 1.54. The molecule has 0 saturated carbocycles. The fraction of sp³-hybridized carbons (Fsp3) is 0.304. The van der Waals surface area contributed by atoms with Crippen LogP contribution in [0, 0.1) is 17.2 Å². The standard InChI is InChI=1S/C23H24N4O3/c1-26(21(28)12-17-8-4-2-5-9-17)16-22(29)27-15-18(13-20(27)14-24)23(30)25-19-10-6-3-7-11-19/h2-11,18,20H,12-13,15-16H2,1H3,(H,25,30). The van der Waals surface area contributed by atoms with Gasteiger partial charge in [-0.15, -0.1) is 0 Å². The molecule has 0 aliphatic carbocycles. The summed E-state index contributed by atoms with van der Waals surface area (Å²) in [6.07, 6.45) is 0.483. The summed E-state index contributed by atoms with van der Waals surface area (Å²) in [7, 11) is 1.57. The number of amides is 3. The van der Waals surface area contributed by atoms with Gasteiger partial charge in [-0.1, -0.05) is 48.5 Å². The summed E-state index contributed by atoms with van der Waals surface area (Å²) in [6, 6.07) is 19.8. The molecule has 2 aromatic rings. The Morgan fingerprint density at radius 2 is 1.73 bits per heavy atom. The van der Waals surface area contributed by atoms with Crippen LogP contribution in [0.3, 0.4) is 0 Å². The molecule has 1 saturated heterocycles. The van der Waals surface area contributed by atoms with E-state index in [2.05, 4.69) is 11.4 Å². The Bertz CT molecular complexity index is 940. The van der Waals surface area contributed by atoms with Crippen LogP contribution >= 0.6 is 0 Å². The number of nitrogens with zero attached hydrogens (tertiary/aromatic N) is 3. The van der Waals surface area contributed by atoms with Crippen LogP contribution in [0.5, 0.6) is 0 Å². The van der Waals surface area contributed by atoms with Crippen molar-refractivity contribution in [2.45, 2.75) is 18.9 Å². The molecule has 1 fully saturated rings. The van der Waals surface area contributed by atoms with Crippen LogP contribution in [0.25, 0.3) is 0 Å². The maximum absolute atomic E-state index is 12.8. The first kappa shape index (κ1) is 21.1. The second-order valence-electron chi connectivity index (χ2n) is 7.39. The lowest BCUT2D eigenvalue weighted by Gasteiger charge is -2.24. The van der Waals surface area contributed by atoms with Crippen molar-refractivity contribution in [3.63, 3.8) is 0 Å². The van der Waals surface area contributed by atoms with E-state index in [1.165, 1.54) is 9.80 Å². The van der Waals surface area contributed by atoms with Gasteiger partial charge in [-0.3, -0.25) is 14.4 Å². The smallest absolute Gasteiger partial charge is 0.243 e. The van der Waals surface area contributed by atoms with Crippen molar-refractivity contribution in [1.29, 1.82) is 5.26 Å². The van der Waals surface area contributed by atoms with E-state index in [1.54, 1.807) is 19.2 Å². The molecule has 2 unspecified atom stereocenters. The number of carbonyl (C=O) groups is 3. The van der Waals surface area contributed by atoms with Crippen molar-refractivity contribution in [3.05, 3.63) is 66.2 Å². The van der Waals surface area contributed by atoms with Crippen molar-refractivity contribution >= 4 is 23.4 Å². The summed E-state index contributed by atoms with van der Waals surface area (Å²) in [6.45, 7) is 0.0350. The average molecular weight is 404 g/mol. The van der Waals surface area contributed by atoms with E-state index in [4.69, 9.17) is 0 Å². The highest BCUT2D eigenvalue weighted by atomic mass is 16.2. The Balaban J connectivity index is 1.57. The van der Waals surface area contributed by atoms with Gasteiger partial charge >= 0.3 is 0 Å². The number of hydrogen-bond donors (Lipinski definition) is 1. The summed E-state index contributed by atoms with van der Waals surface area (Å²) in [5.74, 6) is -1.20. The lowest BCUT2D eigenvalue weighted by molar-refractivity contribution is -0.139. The van der Waals surface area contributed by atoms with Crippen LogP contribution in [-0.2, 0) is 20.8 Å². The van der Waals surface area contributed by atoms with Crippen LogP contribution in [0.15, 0.2) is 60.7 Å². The third-order valence-corrected chi connectivity index (χ3v) is 5.18. The largest absolute Gasteiger partial charge is 0.336 e. The van der Waals surface area contributed by atoms with Gasteiger partial charge in [0.15, 0.2) is 0 Å². The number of carbonyl (C=O) groups excluding carboxylic acids is 3. The minimum atomic E-state index is -0.679. The molecular weight excluding hydrogens is 380 g/mol. The van der Waals surface area contributed by atoms with Crippen LogP contribution < -0.4 is 5.32 Å². The Hall–Kier alpha value is -3.66. The lowest BCUT2D eigenvalue weighted by atomic mass is 10.1. The van der Waals surface area contributed by atoms with E-state index in [-0.39, 0.29) is 43.7 Å². The third kappa shape index (κ3) is 5.23. The zero-order chi connectivity index (χ0) is 21.5. The molecule has 2 atom stereocenters. The molecule has 1 aliphatic rings. The molecule has 30 heavy (non-hydrogen) atoms. The van der Waals surface area contributed by atoms with Gasteiger partial charge in [-0.25, -0.2) is 0 Å². The fourth-order valence-corrected chi connectivity index (χ4v) is 3.48. The summed E-state index contributed by atoms with van der Waals surface area (Å²) in [5, 5.41) is 12.3. The zero-order valence-corrected chi connectivity index (χ0v) is 16.8. The molecule has 3 rings (SSSR count). The van der Waals surface area contributed by atoms with E-state index in [1.807, 2.05) is 48.5 Å². The Labute approximate surface area is 175 Å². The van der Waals surface area contributed by atoms with Gasteiger partial charge < -0.3 is 15.1 Å². The maximum Gasteiger partial charge on any atom is 0.243 e. The minimum Gasteiger partial charge on any atom is -0.336 e. The number of rotatable bonds is 6. The first-order valence-electron chi connectivity index (χ1n) is 9.81. The molecule has 1 N–H and O–H groups in total. The number of hydrogen-bond acceptors (Lipinski definition) is 4. The average Bonchev–Trinajstić information content (AvgIpc) is 3.20. The predicted molar refractivity (Wildman–Crippen MR) is 112 cm³/mol. The first-order chi connectivity index (χ1) is 14.5. The molecule has 2 aromatic carbocycles. The number of likely N-dealkylation sites (tertiary alicyclic amines) is 1. The molecule has 3 amide bonds. The van der Waals surface area contributed by atoms with Crippen LogP contribution in [0.1, 0.15) is 12.0 Å². The highest BCUT2D eigenvalue weighted by Gasteiger charge is 2.39. The quantitative estimate of drug-likeness (QED) is 0.798. The van der Waals surface area contributed by atoms with E-state index in [9.17, 15) is 19.6 Å². The maximum atomic E-state index is 12.8. The van der Waals surface area contributed by atoms with Gasteiger partial charge in [0.2, 0.25) is 17.7 Å². The molecule has 154 valence electrons. The number of likely N-dealkylation sites (N-methyl/N-ethyl adjacent to an activating group) is 1. The van der Waals surface area contributed by atoms with Crippen molar-refractivity contribution in [2.75, 3.05) is 25.5 Å². The van der Waals surface area contributed by atoms with E-state index in [0.29, 0.717) is 5.69 Å². The predicted octanol–water partition coefficient (Wildman–Crippen LogP) is 2.07. The Kier molecular flexibility index (Phi) is 6.81. The zero-order valence-electron chi connectivity index (χ0n) is 16.8. The topological polar surface area (TPSA) is 93.5 Å². The van der Waals surface area contributed by atoms with E-state index >= 15 is 0 Å². The van der Waals surface area contributed by atoms with Crippen molar-refractivity contribution < 1.29 is 14.4 Å². The van der Waals surface area contributed by atoms with Gasteiger partial charge in [-0.2, -0.15) is 5.26 Å². The fourth-order valence-electron chi connectivity index (χ4n) is 3.48. The Morgan fingerprint density at radius 1 is 1.10 bits per heavy atom. The highest BCUT2D eigenvalue weighted by Crippen LogP contribution is 2.24. The summed E-state index contributed by atoms with van der Waals surface area (Å²) < 4.78 is 0. The molecule has 1 heterocycles. The van der Waals surface area contributed by atoms with E-state index < -0.39 is 12.0 Å². The summed E-state index contributed by atoms with van der Waals surface area (Å²) in [4.78, 5) is 40.5. The van der Waals surface area contributed by atoms with Gasteiger partial charge in [0, 0.05) is 19.3 Å². The van der Waals surface area contributed by atoms with Crippen molar-refractivity contribution in [2.24, 2.45) is 5.92 Å². The number of anilines is 1. The second kappa shape index (κ2) is 9.70. The molecule has 0 bridgehead atoms. The molecule has 0 aromatic heterocycles. The molecule has 7 nitrogen and oxygen atoms in total. The molecule has 7 heteroatoms. The number of para-hydroxylation sites is 1. The normalized spacial score (nSPS) is 17.8. The van der Waals surface area contributed by atoms with Crippen molar-refractivity contribution in [3.8, 4) is 6.07 Å². The molecular formula is C23H24N4O3. The van der Waals surface area contributed by atoms with Gasteiger partial charge in [0.25, 0.3) is 0 Å². The Morgan fingerprint density at radius 3 is 2.37 bits per heavy atom. The highest BCUT2D eigenvalue weighted by molar-refractivity contribution is 5.94. The lowest BCUT2D eigenvalue weighted by Crippen LogP contribution is -2.43. The van der Waals surface area contributed by atoms with Crippen molar-refractivity contribution in [1.82, 2.24) is 9.80 Å². The monoisotopic (exact) mass is 404 g/mol. The third-order valence-electron chi connectivity index (χ3n) is 5.18. The molecule has 1 aliphatic heterocycles. The van der Waals surface area contributed by atoms with Gasteiger partial charge in [0.05, 0.1) is 25.0 Å². The van der Waals surface area contributed by atoms with Gasteiger partial charge in [-0.05, 0) is 24.1 Å². The van der Waals surface area contributed by atoms with Crippen LogP contribution in [0.2, 0.25) is 0 Å². The second-order valence-corrected chi connectivity index (χ2v) is 7.39.